The summed E-state index contributed by atoms with van der Waals surface area (Å²) >= 11 is 0. The molecule has 0 unspecified atom stereocenters. The highest BCUT2D eigenvalue weighted by atomic mass is 16.6. The Kier molecular flexibility index (Phi) is 11.1. The molecule has 6 heteroatoms. The molecule has 0 saturated carbocycles. The van der Waals surface area contributed by atoms with Crippen molar-refractivity contribution in [1.29, 1.82) is 0 Å². The van der Waals surface area contributed by atoms with Gasteiger partial charge in [-0.05, 0) is 18.6 Å². The van der Waals surface area contributed by atoms with Crippen molar-refractivity contribution in [2.24, 2.45) is 0 Å². The average Bonchev–Trinajstić information content (AvgIpc) is 2.60. The van der Waals surface area contributed by atoms with Gasteiger partial charge in [-0.25, -0.2) is 4.79 Å². The van der Waals surface area contributed by atoms with Gasteiger partial charge >= 0.3 is 6.03 Å². The van der Waals surface area contributed by atoms with Gasteiger partial charge in [0.05, 0.1) is 4.92 Å². The zero-order valence-electron chi connectivity index (χ0n) is 15.3. The normalized spacial score (nSPS) is 10.4. The van der Waals surface area contributed by atoms with Crippen LogP contribution < -0.4 is 10.6 Å². The predicted molar refractivity (Wildman–Crippen MR) is 102 cm³/mol. The summed E-state index contributed by atoms with van der Waals surface area (Å²) in [4.78, 5) is 21.8. The first-order valence-electron chi connectivity index (χ1n) is 9.42. The van der Waals surface area contributed by atoms with E-state index >= 15 is 0 Å². The third kappa shape index (κ3) is 10.4. The lowest BCUT2D eigenvalue weighted by Gasteiger charge is -2.07. The van der Waals surface area contributed by atoms with Crippen molar-refractivity contribution >= 4 is 17.4 Å². The molecule has 2 N–H and O–H groups in total. The zero-order valence-corrected chi connectivity index (χ0v) is 15.3. The number of amides is 2. The van der Waals surface area contributed by atoms with Crippen LogP contribution in [0.15, 0.2) is 24.3 Å². The van der Waals surface area contributed by atoms with E-state index in [0.717, 1.165) is 12.8 Å². The number of urea groups is 1. The maximum Gasteiger partial charge on any atom is 0.319 e. The number of nitrogens with zero attached hydrogens (tertiary/aromatic N) is 1. The minimum Gasteiger partial charge on any atom is -0.338 e. The summed E-state index contributed by atoms with van der Waals surface area (Å²) in [6.45, 7) is 2.88. The number of rotatable bonds is 13. The molecule has 0 aliphatic carbocycles. The second-order valence-corrected chi connectivity index (χ2v) is 6.37. The molecular weight excluding hydrogens is 318 g/mol. The highest BCUT2D eigenvalue weighted by Crippen LogP contribution is 2.15. The van der Waals surface area contributed by atoms with E-state index in [1.165, 1.54) is 75.6 Å². The minimum atomic E-state index is -0.463. The topological polar surface area (TPSA) is 84.3 Å². The second-order valence-electron chi connectivity index (χ2n) is 6.37. The first kappa shape index (κ1) is 20.9. The van der Waals surface area contributed by atoms with Crippen molar-refractivity contribution < 1.29 is 9.72 Å². The smallest absolute Gasteiger partial charge is 0.319 e. The number of hydrogen-bond donors (Lipinski definition) is 2. The third-order valence-electron chi connectivity index (χ3n) is 4.15. The van der Waals surface area contributed by atoms with Crippen LogP contribution in [0.2, 0.25) is 0 Å². The van der Waals surface area contributed by atoms with Crippen LogP contribution in [0.25, 0.3) is 0 Å². The molecule has 0 aliphatic rings. The fourth-order valence-corrected chi connectivity index (χ4v) is 2.66. The summed E-state index contributed by atoms with van der Waals surface area (Å²) < 4.78 is 0. The number of nitro benzene ring substituents is 1. The summed E-state index contributed by atoms with van der Waals surface area (Å²) in [6.07, 6.45) is 12.6. The van der Waals surface area contributed by atoms with E-state index in [-0.39, 0.29) is 11.7 Å². The summed E-state index contributed by atoms with van der Waals surface area (Å²) in [5, 5.41) is 16.0. The first-order chi connectivity index (χ1) is 12.1. The Morgan fingerprint density at radius 1 is 0.920 bits per heavy atom. The molecule has 0 aliphatic heterocycles. The lowest BCUT2D eigenvalue weighted by molar-refractivity contribution is -0.384. The van der Waals surface area contributed by atoms with Gasteiger partial charge in [0, 0.05) is 24.4 Å². The van der Waals surface area contributed by atoms with Crippen LogP contribution in [-0.4, -0.2) is 17.5 Å². The van der Waals surface area contributed by atoms with Crippen LogP contribution in [-0.2, 0) is 0 Å². The Morgan fingerprint density at radius 3 is 1.96 bits per heavy atom. The van der Waals surface area contributed by atoms with E-state index < -0.39 is 4.92 Å². The van der Waals surface area contributed by atoms with Gasteiger partial charge in [0.25, 0.3) is 5.69 Å². The SMILES string of the molecule is CCCCCCCCCCCCNC(=O)Nc1ccc([N+](=O)[O-])cc1. The molecule has 1 aromatic carbocycles. The molecule has 0 fully saturated rings. The van der Waals surface area contributed by atoms with Crippen LogP contribution in [0, 0.1) is 10.1 Å². The molecule has 1 aromatic rings. The van der Waals surface area contributed by atoms with E-state index in [0.29, 0.717) is 12.2 Å². The highest BCUT2D eigenvalue weighted by Gasteiger charge is 2.05. The van der Waals surface area contributed by atoms with Gasteiger partial charge in [-0.2, -0.15) is 0 Å². The Labute approximate surface area is 150 Å². The Bertz CT molecular complexity index is 503. The number of benzene rings is 1. The van der Waals surface area contributed by atoms with E-state index in [1.807, 2.05) is 0 Å². The summed E-state index contributed by atoms with van der Waals surface area (Å²) in [5.41, 5.74) is 0.558. The molecule has 25 heavy (non-hydrogen) atoms. The van der Waals surface area contributed by atoms with E-state index in [1.54, 1.807) is 0 Å². The lowest BCUT2D eigenvalue weighted by atomic mass is 10.1. The van der Waals surface area contributed by atoms with Gasteiger partial charge < -0.3 is 10.6 Å². The third-order valence-corrected chi connectivity index (χ3v) is 4.15. The quantitative estimate of drug-likeness (QED) is 0.275. The molecule has 0 bridgehead atoms. The fraction of sp³-hybridized carbons (Fsp3) is 0.632. The predicted octanol–water partition coefficient (Wildman–Crippen LogP) is 5.64. The first-order valence-corrected chi connectivity index (χ1v) is 9.42. The molecule has 1 rings (SSSR count). The zero-order chi connectivity index (χ0) is 18.3. The van der Waals surface area contributed by atoms with Gasteiger partial charge in [-0.15, -0.1) is 0 Å². The second kappa shape index (κ2) is 13.2. The number of anilines is 1. The Balaban J connectivity index is 1.99. The van der Waals surface area contributed by atoms with Crippen LogP contribution in [0.3, 0.4) is 0 Å². The van der Waals surface area contributed by atoms with Crippen molar-refractivity contribution in [3.63, 3.8) is 0 Å². The molecule has 0 spiro atoms. The molecule has 0 saturated heterocycles. The molecule has 6 nitrogen and oxygen atoms in total. The number of carbonyl (C=O) groups excluding carboxylic acids is 1. The van der Waals surface area contributed by atoms with Gasteiger partial charge in [-0.1, -0.05) is 64.7 Å². The fourth-order valence-electron chi connectivity index (χ4n) is 2.66. The molecular formula is C19H31N3O3. The van der Waals surface area contributed by atoms with Gasteiger partial charge in [0.2, 0.25) is 0 Å². The maximum absolute atomic E-state index is 11.7. The monoisotopic (exact) mass is 349 g/mol. The van der Waals surface area contributed by atoms with Crippen molar-refractivity contribution in [1.82, 2.24) is 5.32 Å². The lowest BCUT2D eigenvalue weighted by Crippen LogP contribution is -2.29. The summed E-state index contributed by atoms with van der Waals surface area (Å²) in [7, 11) is 0. The number of nitrogens with one attached hydrogen (secondary N) is 2. The number of carbonyl (C=O) groups is 1. The number of hydrogen-bond acceptors (Lipinski definition) is 3. The van der Waals surface area contributed by atoms with Gasteiger partial charge in [0.15, 0.2) is 0 Å². The summed E-state index contributed by atoms with van der Waals surface area (Å²) in [6, 6.07) is 5.52. The van der Waals surface area contributed by atoms with E-state index in [9.17, 15) is 14.9 Å². The number of unbranched alkanes of at least 4 members (excludes halogenated alkanes) is 9. The molecule has 0 aromatic heterocycles. The number of nitro groups is 1. The molecule has 0 radical (unpaired) electrons. The maximum atomic E-state index is 11.7. The van der Waals surface area contributed by atoms with Crippen molar-refractivity contribution in [3.8, 4) is 0 Å². The van der Waals surface area contributed by atoms with Crippen LogP contribution in [0.1, 0.15) is 71.1 Å². The molecule has 2 amide bonds. The van der Waals surface area contributed by atoms with E-state index in [2.05, 4.69) is 17.6 Å². The van der Waals surface area contributed by atoms with Crippen LogP contribution in [0.5, 0.6) is 0 Å². The van der Waals surface area contributed by atoms with Crippen molar-refractivity contribution in [2.45, 2.75) is 71.1 Å². The minimum absolute atomic E-state index is 0.0105. The van der Waals surface area contributed by atoms with Crippen molar-refractivity contribution in [3.05, 3.63) is 34.4 Å². The molecule has 140 valence electrons. The Hall–Kier alpha value is -2.11. The van der Waals surface area contributed by atoms with E-state index in [4.69, 9.17) is 0 Å². The van der Waals surface area contributed by atoms with Gasteiger partial charge in [-0.3, -0.25) is 10.1 Å². The standard InChI is InChI=1S/C19H31N3O3/c1-2-3-4-5-6-7-8-9-10-11-16-20-19(23)21-17-12-14-18(15-13-17)22(24)25/h12-15H,2-11,16H2,1H3,(H2,20,21,23). The molecule has 0 atom stereocenters. The Morgan fingerprint density at radius 2 is 1.44 bits per heavy atom. The van der Waals surface area contributed by atoms with Crippen LogP contribution in [0.4, 0.5) is 16.2 Å². The summed E-state index contributed by atoms with van der Waals surface area (Å²) in [5.74, 6) is 0. The highest BCUT2D eigenvalue weighted by molar-refractivity contribution is 5.89. The average molecular weight is 349 g/mol. The largest absolute Gasteiger partial charge is 0.338 e. The van der Waals surface area contributed by atoms with Crippen molar-refractivity contribution in [2.75, 3.05) is 11.9 Å². The van der Waals surface area contributed by atoms with Crippen LogP contribution >= 0.6 is 0 Å². The molecule has 0 heterocycles. The number of non-ortho nitro benzene ring substituents is 1. The van der Waals surface area contributed by atoms with Gasteiger partial charge in [0.1, 0.15) is 0 Å².